The van der Waals surface area contributed by atoms with Crippen molar-refractivity contribution in [2.24, 2.45) is 0 Å². The Morgan fingerprint density at radius 1 is 0.773 bits per heavy atom. The number of nitrogens with zero attached hydrogens (tertiary/aromatic N) is 2. The first-order chi connectivity index (χ1) is 10.8. The average molecular weight is 284 g/mol. The van der Waals surface area contributed by atoms with Gasteiger partial charge in [0.05, 0.1) is 5.69 Å². The number of rotatable bonds is 1. The van der Waals surface area contributed by atoms with Crippen molar-refractivity contribution in [3.63, 3.8) is 0 Å². The molecule has 1 aliphatic rings. The zero-order chi connectivity index (χ0) is 14.9. The maximum absolute atomic E-state index is 4.45. The van der Waals surface area contributed by atoms with E-state index in [0.29, 0.717) is 0 Å². The molecule has 0 N–H and O–H groups in total. The van der Waals surface area contributed by atoms with Crippen molar-refractivity contribution < 1.29 is 0 Å². The number of fused-ring (bicyclic) bond motifs is 2. The Labute approximate surface area is 130 Å². The molecule has 4 rings (SSSR count). The second-order valence-corrected chi connectivity index (χ2v) is 5.41. The fourth-order valence-electron chi connectivity index (χ4n) is 3.03. The predicted molar refractivity (Wildman–Crippen MR) is 92.2 cm³/mol. The number of hydrogen-bond acceptors (Lipinski definition) is 2. The predicted octanol–water partition coefficient (Wildman–Crippen LogP) is 4.75. The van der Waals surface area contributed by atoms with Crippen molar-refractivity contribution in [2.75, 3.05) is 11.9 Å². The smallest absolute Gasteiger partial charge is 0.0636 e. The van der Waals surface area contributed by atoms with Gasteiger partial charge in [-0.15, -0.1) is 0 Å². The monoisotopic (exact) mass is 284 g/mol. The van der Waals surface area contributed by atoms with E-state index in [0.717, 1.165) is 5.69 Å². The van der Waals surface area contributed by atoms with E-state index in [1.807, 2.05) is 24.4 Å². The van der Waals surface area contributed by atoms with Crippen LogP contribution in [-0.4, -0.2) is 12.0 Å². The molecule has 1 aliphatic heterocycles. The molecule has 22 heavy (non-hydrogen) atoms. The van der Waals surface area contributed by atoms with Crippen molar-refractivity contribution >= 4 is 23.0 Å². The highest BCUT2D eigenvalue weighted by atomic mass is 15.1. The highest BCUT2D eigenvalue weighted by Gasteiger charge is 2.23. The Morgan fingerprint density at radius 3 is 1.95 bits per heavy atom. The minimum Gasteiger partial charge on any atom is -0.344 e. The van der Waals surface area contributed by atoms with Gasteiger partial charge in [-0.1, -0.05) is 42.5 Å². The van der Waals surface area contributed by atoms with Gasteiger partial charge in [0, 0.05) is 35.7 Å². The van der Waals surface area contributed by atoms with Gasteiger partial charge >= 0.3 is 0 Å². The minimum absolute atomic E-state index is 0.978. The molecule has 0 amide bonds. The highest BCUT2D eigenvalue weighted by Crippen LogP contribution is 2.44. The topological polar surface area (TPSA) is 16.1 Å². The summed E-state index contributed by atoms with van der Waals surface area (Å²) in [5.74, 6) is 0. The molecule has 0 spiro atoms. The Bertz CT molecular complexity index is 801. The van der Waals surface area contributed by atoms with E-state index in [-0.39, 0.29) is 0 Å². The van der Waals surface area contributed by atoms with Crippen LogP contribution in [0.1, 0.15) is 16.8 Å². The maximum Gasteiger partial charge on any atom is 0.0636 e. The van der Waals surface area contributed by atoms with Crippen LogP contribution in [0.15, 0.2) is 72.9 Å². The van der Waals surface area contributed by atoms with Gasteiger partial charge in [-0.05, 0) is 35.9 Å². The molecule has 0 atom stereocenters. The van der Waals surface area contributed by atoms with Gasteiger partial charge in [0.25, 0.3) is 0 Å². The lowest BCUT2D eigenvalue weighted by atomic mass is 9.90. The molecule has 0 bridgehead atoms. The van der Waals surface area contributed by atoms with Crippen LogP contribution in [-0.2, 0) is 0 Å². The summed E-state index contributed by atoms with van der Waals surface area (Å²) < 4.78 is 0. The number of anilines is 2. The van der Waals surface area contributed by atoms with Crippen molar-refractivity contribution in [2.45, 2.75) is 0 Å². The quantitative estimate of drug-likeness (QED) is 0.641. The summed E-state index contributed by atoms with van der Waals surface area (Å²) in [4.78, 5) is 6.70. The number of pyridine rings is 1. The Morgan fingerprint density at radius 2 is 1.36 bits per heavy atom. The molecule has 0 unspecified atom stereocenters. The highest BCUT2D eigenvalue weighted by molar-refractivity contribution is 6.03. The molecule has 2 heterocycles. The lowest BCUT2D eigenvalue weighted by molar-refractivity contribution is 1.17. The molecule has 0 radical (unpaired) electrons. The van der Waals surface area contributed by atoms with Crippen LogP contribution in [0.5, 0.6) is 0 Å². The summed E-state index contributed by atoms with van der Waals surface area (Å²) in [6.45, 7) is 0. The zero-order valence-electron chi connectivity index (χ0n) is 12.4. The summed E-state index contributed by atoms with van der Waals surface area (Å²) in [6.07, 6.45) is 4.00. The third-order valence-corrected chi connectivity index (χ3v) is 4.09. The fraction of sp³-hybridized carbons (Fsp3) is 0.0500. The summed E-state index contributed by atoms with van der Waals surface area (Å²) in [7, 11) is 2.12. The second-order valence-electron chi connectivity index (χ2n) is 5.41. The maximum atomic E-state index is 4.45. The van der Waals surface area contributed by atoms with E-state index in [1.165, 1.54) is 28.1 Å². The van der Waals surface area contributed by atoms with Gasteiger partial charge in [-0.3, -0.25) is 4.98 Å². The molecule has 2 heteroatoms. The SMILES string of the molecule is CN1c2ccccc2C(=Cc2ccccn2)c2ccccc21. The first-order valence-corrected chi connectivity index (χ1v) is 7.40. The van der Waals surface area contributed by atoms with E-state index < -0.39 is 0 Å². The summed E-state index contributed by atoms with van der Waals surface area (Å²) >= 11 is 0. The lowest BCUT2D eigenvalue weighted by Crippen LogP contribution is -2.17. The third-order valence-electron chi connectivity index (χ3n) is 4.09. The number of hydrogen-bond donors (Lipinski definition) is 0. The van der Waals surface area contributed by atoms with E-state index in [1.54, 1.807) is 0 Å². The summed E-state index contributed by atoms with van der Waals surface area (Å²) in [6, 6.07) is 23.0. The third kappa shape index (κ3) is 2.01. The van der Waals surface area contributed by atoms with Gasteiger partial charge in [0.2, 0.25) is 0 Å². The van der Waals surface area contributed by atoms with Crippen LogP contribution in [0.4, 0.5) is 11.4 Å². The molecule has 1 aromatic heterocycles. The van der Waals surface area contributed by atoms with Crippen molar-refractivity contribution in [1.82, 2.24) is 4.98 Å². The molecule has 0 fully saturated rings. The van der Waals surface area contributed by atoms with Crippen LogP contribution >= 0.6 is 0 Å². The summed E-state index contributed by atoms with van der Waals surface area (Å²) in [5, 5.41) is 0. The second kappa shape index (κ2) is 5.15. The zero-order valence-corrected chi connectivity index (χ0v) is 12.4. The largest absolute Gasteiger partial charge is 0.344 e. The van der Waals surface area contributed by atoms with Gasteiger partial charge in [-0.25, -0.2) is 0 Å². The average Bonchev–Trinajstić information content (AvgIpc) is 2.59. The normalized spacial score (nSPS) is 12.6. The molecule has 0 saturated carbocycles. The number of benzene rings is 2. The van der Waals surface area contributed by atoms with E-state index >= 15 is 0 Å². The van der Waals surface area contributed by atoms with Crippen LogP contribution in [0.3, 0.4) is 0 Å². The molecule has 2 aromatic carbocycles. The van der Waals surface area contributed by atoms with Crippen molar-refractivity contribution in [3.8, 4) is 0 Å². The fourth-order valence-corrected chi connectivity index (χ4v) is 3.03. The Balaban J connectivity index is 1.99. The van der Waals surface area contributed by atoms with Crippen molar-refractivity contribution in [1.29, 1.82) is 0 Å². The van der Waals surface area contributed by atoms with Crippen molar-refractivity contribution in [3.05, 3.63) is 89.7 Å². The van der Waals surface area contributed by atoms with Crippen LogP contribution in [0.2, 0.25) is 0 Å². The van der Waals surface area contributed by atoms with Crippen LogP contribution in [0, 0.1) is 0 Å². The first kappa shape index (κ1) is 12.8. The summed E-state index contributed by atoms with van der Waals surface area (Å²) in [5.41, 5.74) is 7.14. The van der Waals surface area contributed by atoms with E-state index in [4.69, 9.17) is 0 Å². The first-order valence-electron chi connectivity index (χ1n) is 7.40. The molecule has 0 aliphatic carbocycles. The van der Waals surface area contributed by atoms with Gasteiger partial charge in [-0.2, -0.15) is 0 Å². The molecule has 106 valence electrons. The van der Waals surface area contributed by atoms with Gasteiger partial charge in [0.15, 0.2) is 0 Å². The molecule has 3 aromatic rings. The van der Waals surface area contributed by atoms with Crippen LogP contribution in [0.25, 0.3) is 11.6 Å². The number of aromatic nitrogens is 1. The molecular weight excluding hydrogens is 268 g/mol. The molecular formula is C20H16N2. The van der Waals surface area contributed by atoms with E-state index in [9.17, 15) is 0 Å². The molecule has 2 nitrogen and oxygen atoms in total. The minimum atomic E-state index is 0.978. The number of para-hydroxylation sites is 2. The van der Waals surface area contributed by atoms with Crippen LogP contribution < -0.4 is 4.90 Å². The van der Waals surface area contributed by atoms with E-state index in [2.05, 4.69) is 71.5 Å². The Kier molecular flexibility index (Phi) is 3.01. The Hall–Kier alpha value is -2.87. The standard InChI is InChI=1S/C20H16N2/c1-22-19-11-4-2-9-16(19)18(14-15-8-6-7-13-21-15)17-10-3-5-12-20(17)22/h2-14H,1H3. The van der Waals surface area contributed by atoms with Gasteiger partial charge < -0.3 is 4.90 Å². The van der Waals surface area contributed by atoms with Gasteiger partial charge in [0.1, 0.15) is 0 Å². The molecule has 0 saturated heterocycles. The lowest BCUT2D eigenvalue weighted by Gasteiger charge is -2.31.